The van der Waals surface area contributed by atoms with Crippen molar-refractivity contribution in [3.63, 3.8) is 0 Å². The highest BCUT2D eigenvalue weighted by atomic mass is 16.5. The predicted octanol–water partition coefficient (Wildman–Crippen LogP) is 1.56. The Morgan fingerprint density at radius 3 is 2.60 bits per heavy atom. The lowest BCUT2D eigenvalue weighted by molar-refractivity contribution is -0.142. The van der Waals surface area contributed by atoms with E-state index in [0.29, 0.717) is 26.2 Å². The quantitative estimate of drug-likeness (QED) is 0.664. The van der Waals surface area contributed by atoms with E-state index in [1.165, 1.54) is 0 Å². The number of likely N-dealkylation sites (tertiary alicyclic amines) is 1. The van der Waals surface area contributed by atoms with Crippen molar-refractivity contribution in [1.82, 2.24) is 10.2 Å². The normalized spacial score (nSPS) is 22.0. The molecule has 0 aromatic rings. The smallest absolute Gasteiger partial charge is 0.317 e. The van der Waals surface area contributed by atoms with E-state index < -0.39 is 11.9 Å². The summed E-state index contributed by atoms with van der Waals surface area (Å²) in [6.07, 6.45) is 2.96. The Morgan fingerprint density at radius 1 is 1.30 bits per heavy atom. The maximum Gasteiger partial charge on any atom is 0.317 e. The average molecular weight is 286 g/mol. The van der Waals surface area contributed by atoms with E-state index in [9.17, 15) is 9.59 Å². The topological polar surface area (TPSA) is 78.9 Å². The summed E-state index contributed by atoms with van der Waals surface area (Å²) >= 11 is 0. The Bertz CT molecular complexity index is 322. The molecule has 2 amide bonds. The zero-order chi connectivity index (χ0) is 15.0. The van der Waals surface area contributed by atoms with E-state index in [4.69, 9.17) is 9.84 Å². The molecule has 6 heteroatoms. The SMILES string of the molecule is CCCCOCCCNC(=O)N1C[C@@H](C)[C@H](C(=O)O)C1. The minimum Gasteiger partial charge on any atom is -0.481 e. The van der Waals surface area contributed by atoms with Crippen LogP contribution in [0.5, 0.6) is 0 Å². The van der Waals surface area contributed by atoms with Crippen LogP contribution in [0.1, 0.15) is 33.1 Å². The summed E-state index contributed by atoms with van der Waals surface area (Å²) in [7, 11) is 0. The second-order valence-electron chi connectivity index (χ2n) is 5.38. The van der Waals surface area contributed by atoms with E-state index in [1.807, 2.05) is 6.92 Å². The molecule has 20 heavy (non-hydrogen) atoms. The molecule has 1 heterocycles. The second-order valence-corrected chi connectivity index (χ2v) is 5.38. The number of rotatable bonds is 8. The van der Waals surface area contributed by atoms with Crippen molar-refractivity contribution in [2.45, 2.75) is 33.1 Å². The number of nitrogens with one attached hydrogen (secondary N) is 1. The second kappa shape index (κ2) is 8.79. The third-order valence-electron chi connectivity index (χ3n) is 3.60. The molecule has 0 aromatic carbocycles. The molecular weight excluding hydrogens is 260 g/mol. The van der Waals surface area contributed by atoms with Gasteiger partial charge in [0.2, 0.25) is 0 Å². The number of carboxylic acid groups (broad SMARTS) is 1. The molecule has 1 saturated heterocycles. The number of unbranched alkanes of at least 4 members (excludes halogenated alkanes) is 1. The summed E-state index contributed by atoms with van der Waals surface area (Å²) in [5.41, 5.74) is 0. The fraction of sp³-hybridized carbons (Fsp3) is 0.857. The number of amides is 2. The van der Waals surface area contributed by atoms with Crippen molar-refractivity contribution < 1.29 is 19.4 Å². The van der Waals surface area contributed by atoms with Crippen molar-refractivity contribution in [2.24, 2.45) is 11.8 Å². The highest BCUT2D eigenvalue weighted by Crippen LogP contribution is 2.22. The van der Waals surface area contributed by atoms with Gasteiger partial charge >= 0.3 is 12.0 Å². The van der Waals surface area contributed by atoms with Crippen LogP contribution in [0, 0.1) is 11.8 Å². The number of aliphatic carboxylic acids is 1. The first kappa shape index (κ1) is 16.8. The number of hydrogen-bond acceptors (Lipinski definition) is 3. The van der Waals surface area contributed by atoms with Crippen LogP contribution in [0.3, 0.4) is 0 Å². The molecular formula is C14H26N2O4. The third kappa shape index (κ3) is 5.36. The molecule has 0 unspecified atom stereocenters. The lowest BCUT2D eigenvalue weighted by atomic mass is 9.99. The number of carbonyl (C=O) groups excluding carboxylic acids is 1. The van der Waals surface area contributed by atoms with E-state index in [1.54, 1.807) is 4.90 Å². The first-order chi connectivity index (χ1) is 9.56. The van der Waals surface area contributed by atoms with Crippen LogP contribution in [-0.2, 0) is 9.53 Å². The van der Waals surface area contributed by atoms with Crippen LogP contribution in [-0.4, -0.2) is 54.9 Å². The Labute approximate surface area is 120 Å². The summed E-state index contributed by atoms with van der Waals surface area (Å²) in [6, 6.07) is -0.172. The van der Waals surface area contributed by atoms with Crippen LogP contribution >= 0.6 is 0 Å². The van der Waals surface area contributed by atoms with Gasteiger partial charge in [-0.15, -0.1) is 0 Å². The van der Waals surface area contributed by atoms with Crippen molar-refractivity contribution in [3.05, 3.63) is 0 Å². The molecule has 0 radical (unpaired) electrons. The van der Waals surface area contributed by atoms with Crippen molar-refractivity contribution in [1.29, 1.82) is 0 Å². The molecule has 1 fully saturated rings. The summed E-state index contributed by atoms with van der Waals surface area (Å²) in [6.45, 7) is 6.78. The van der Waals surface area contributed by atoms with Gasteiger partial charge in [-0.3, -0.25) is 4.79 Å². The summed E-state index contributed by atoms with van der Waals surface area (Å²) in [4.78, 5) is 24.5. The molecule has 6 nitrogen and oxygen atoms in total. The van der Waals surface area contributed by atoms with Crippen molar-refractivity contribution in [3.8, 4) is 0 Å². The lowest BCUT2D eigenvalue weighted by Gasteiger charge is -2.16. The van der Waals surface area contributed by atoms with Crippen LogP contribution in [0.4, 0.5) is 4.79 Å². The minimum absolute atomic E-state index is 0.00984. The number of carboxylic acids is 1. The third-order valence-corrected chi connectivity index (χ3v) is 3.60. The molecule has 1 aliphatic rings. The van der Waals surface area contributed by atoms with Crippen LogP contribution in [0.2, 0.25) is 0 Å². The van der Waals surface area contributed by atoms with Gasteiger partial charge in [-0.25, -0.2) is 4.79 Å². The lowest BCUT2D eigenvalue weighted by Crippen LogP contribution is -2.39. The molecule has 2 atom stereocenters. The van der Waals surface area contributed by atoms with Crippen LogP contribution < -0.4 is 5.32 Å². The van der Waals surface area contributed by atoms with Crippen LogP contribution in [0.25, 0.3) is 0 Å². The molecule has 116 valence electrons. The molecule has 1 aliphatic heterocycles. The van der Waals surface area contributed by atoms with Gasteiger partial charge in [0.1, 0.15) is 0 Å². The van der Waals surface area contributed by atoms with Gasteiger partial charge in [0.25, 0.3) is 0 Å². The highest BCUT2D eigenvalue weighted by Gasteiger charge is 2.36. The Kier molecular flexibility index (Phi) is 7.36. The molecule has 0 aliphatic carbocycles. The van der Waals surface area contributed by atoms with E-state index >= 15 is 0 Å². The maximum absolute atomic E-state index is 11.9. The van der Waals surface area contributed by atoms with Gasteiger partial charge in [-0.1, -0.05) is 20.3 Å². The van der Waals surface area contributed by atoms with Crippen LogP contribution in [0.15, 0.2) is 0 Å². The standard InChI is InChI=1S/C14H26N2O4/c1-3-4-7-20-8-5-6-15-14(19)16-9-11(2)12(10-16)13(17)18/h11-12H,3-10H2,1-2H3,(H,15,19)(H,17,18)/t11-,12-/m1/s1. The average Bonchev–Trinajstić information content (AvgIpc) is 2.80. The first-order valence-electron chi connectivity index (χ1n) is 7.39. The zero-order valence-corrected chi connectivity index (χ0v) is 12.4. The van der Waals surface area contributed by atoms with Gasteiger partial charge in [-0.2, -0.15) is 0 Å². The van der Waals surface area contributed by atoms with Gasteiger partial charge in [0.05, 0.1) is 5.92 Å². The fourth-order valence-electron chi connectivity index (χ4n) is 2.28. The largest absolute Gasteiger partial charge is 0.481 e. The summed E-state index contributed by atoms with van der Waals surface area (Å²) in [5.74, 6) is -1.26. The van der Waals surface area contributed by atoms with Gasteiger partial charge in [0.15, 0.2) is 0 Å². The minimum atomic E-state index is -0.822. The van der Waals surface area contributed by atoms with Crippen molar-refractivity contribution in [2.75, 3.05) is 32.8 Å². The monoisotopic (exact) mass is 286 g/mol. The Hall–Kier alpha value is -1.30. The molecule has 1 rings (SSSR count). The number of carbonyl (C=O) groups is 2. The van der Waals surface area contributed by atoms with Crippen molar-refractivity contribution >= 4 is 12.0 Å². The van der Waals surface area contributed by atoms with Gasteiger partial charge in [0, 0.05) is 32.8 Å². The molecule has 2 N–H and O–H groups in total. The zero-order valence-electron chi connectivity index (χ0n) is 12.4. The Morgan fingerprint density at radius 2 is 2.00 bits per heavy atom. The highest BCUT2D eigenvalue weighted by molar-refractivity contribution is 5.77. The van der Waals surface area contributed by atoms with E-state index in [2.05, 4.69) is 12.2 Å². The number of ether oxygens (including phenoxy) is 1. The number of hydrogen-bond donors (Lipinski definition) is 2. The van der Waals surface area contributed by atoms with Gasteiger partial charge < -0.3 is 20.1 Å². The predicted molar refractivity (Wildman–Crippen MR) is 75.6 cm³/mol. The van der Waals surface area contributed by atoms with Gasteiger partial charge in [-0.05, 0) is 18.8 Å². The summed E-state index contributed by atoms with van der Waals surface area (Å²) < 4.78 is 5.40. The number of nitrogens with zero attached hydrogens (tertiary/aromatic N) is 1. The molecule has 0 spiro atoms. The van der Waals surface area contributed by atoms with E-state index in [0.717, 1.165) is 25.9 Å². The fourth-order valence-corrected chi connectivity index (χ4v) is 2.28. The molecule has 0 aromatic heterocycles. The Balaban J connectivity index is 2.13. The first-order valence-corrected chi connectivity index (χ1v) is 7.39. The maximum atomic E-state index is 11.9. The number of urea groups is 1. The van der Waals surface area contributed by atoms with E-state index in [-0.39, 0.29) is 11.9 Å². The summed E-state index contributed by atoms with van der Waals surface area (Å²) in [5, 5.41) is 11.8. The molecule has 0 bridgehead atoms. The molecule has 0 saturated carbocycles.